The number of primary amides is 1. The second kappa shape index (κ2) is 11.6. The minimum Gasteiger partial charge on any atom is -0.429 e. The molecule has 1 aliphatic heterocycles. The molecule has 0 radical (unpaired) electrons. The topological polar surface area (TPSA) is 135 Å². The number of halogens is 4. The molecule has 1 saturated heterocycles. The Bertz CT molecular complexity index is 1520. The maximum atomic E-state index is 15.7. The summed E-state index contributed by atoms with van der Waals surface area (Å²) < 4.78 is 38.2. The highest BCUT2D eigenvalue weighted by molar-refractivity contribution is 6.31. The minimum atomic E-state index is -1.76. The molecule has 1 aromatic heterocycles. The number of nitrogens with two attached hydrogens (primary N) is 1. The van der Waals surface area contributed by atoms with Crippen LogP contribution in [0.25, 0.3) is 0 Å². The monoisotopic (exact) mass is 604 g/mol. The highest BCUT2D eigenvalue weighted by Gasteiger charge is 2.61. The zero-order valence-electron chi connectivity index (χ0n) is 22.4. The molecule has 4 atom stereocenters. The van der Waals surface area contributed by atoms with Crippen molar-refractivity contribution in [2.45, 2.75) is 57.3 Å². The lowest BCUT2D eigenvalue weighted by atomic mass is 9.63. The van der Waals surface area contributed by atoms with E-state index in [9.17, 15) is 14.9 Å². The molecule has 2 aromatic carbocycles. The van der Waals surface area contributed by atoms with Crippen LogP contribution in [0.5, 0.6) is 0 Å². The molecule has 0 unspecified atom stereocenters. The third-order valence-electron chi connectivity index (χ3n) is 6.83. The summed E-state index contributed by atoms with van der Waals surface area (Å²) in [6.45, 7) is 5.61. The summed E-state index contributed by atoms with van der Waals surface area (Å²) >= 11 is 12.2. The Morgan fingerprint density at radius 3 is 2.61 bits per heavy atom. The van der Waals surface area contributed by atoms with Crippen molar-refractivity contribution in [2.75, 3.05) is 5.32 Å². The summed E-state index contributed by atoms with van der Waals surface area (Å²) in [7, 11) is 0. The molecule has 0 aliphatic carbocycles. The largest absolute Gasteiger partial charge is 0.429 e. The van der Waals surface area contributed by atoms with Gasteiger partial charge < -0.3 is 10.5 Å². The van der Waals surface area contributed by atoms with E-state index >= 15 is 8.78 Å². The predicted octanol–water partition coefficient (Wildman–Crippen LogP) is 5.48. The molecule has 0 spiro atoms. The van der Waals surface area contributed by atoms with E-state index in [4.69, 9.17) is 33.7 Å². The Balaban J connectivity index is 1.82. The zero-order valence-corrected chi connectivity index (χ0v) is 23.9. The van der Waals surface area contributed by atoms with Crippen LogP contribution in [0.2, 0.25) is 10.0 Å². The number of benzene rings is 2. The van der Waals surface area contributed by atoms with Crippen molar-refractivity contribution >= 4 is 41.0 Å². The molecule has 0 saturated carbocycles. The fourth-order valence-electron chi connectivity index (χ4n) is 5.30. The average Bonchev–Trinajstić information content (AvgIpc) is 3.41. The van der Waals surface area contributed by atoms with Crippen molar-refractivity contribution in [3.8, 4) is 6.07 Å². The van der Waals surface area contributed by atoms with Gasteiger partial charge in [0.25, 0.3) is 0 Å². The fourth-order valence-corrected chi connectivity index (χ4v) is 5.64. The van der Waals surface area contributed by atoms with Crippen molar-refractivity contribution in [2.24, 2.45) is 11.1 Å². The van der Waals surface area contributed by atoms with E-state index in [1.807, 2.05) is 20.8 Å². The number of carbonyl (C=O) groups excluding carboxylic acids is 2. The average molecular weight is 605 g/mol. The van der Waals surface area contributed by atoms with Gasteiger partial charge >= 0.3 is 6.09 Å². The van der Waals surface area contributed by atoms with Crippen LogP contribution in [-0.2, 0) is 21.5 Å². The number of hydrogen-bond acceptors (Lipinski definition) is 6. The Morgan fingerprint density at radius 2 is 1.98 bits per heavy atom. The van der Waals surface area contributed by atoms with Crippen LogP contribution in [0.1, 0.15) is 44.2 Å². The van der Waals surface area contributed by atoms with Crippen LogP contribution in [0, 0.1) is 28.4 Å². The molecule has 1 aliphatic rings. The second-order valence-electron chi connectivity index (χ2n) is 11.0. The maximum absolute atomic E-state index is 15.7. The fraction of sp³-hybridized carbons (Fsp3) is 0.357. The Hall–Kier alpha value is -3.72. The van der Waals surface area contributed by atoms with Gasteiger partial charge in [0.1, 0.15) is 23.6 Å². The van der Waals surface area contributed by atoms with Gasteiger partial charge in [0, 0.05) is 28.9 Å². The van der Waals surface area contributed by atoms with Crippen LogP contribution in [0.3, 0.4) is 0 Å². The lowest BCUT2D eigenvalue weighted by Crippen LogP contribution is -2.44. The molecule has 3 aromatic rings. The van der Waals surface area contributed by atoms with Gasteiger partial charge in [-0.05, 0) is 35.6 Å². The molecule has 1 fully saturated rings. The molecular formula is C28H28Cl2F2N6O3. The van der Waals surface area contributed by atoms with Crippen LogP contribution >= 0.6 is 23.2 Å². The number of anilines is 1. The second-order valence-corrected chi connectivity index (χ2v) is 11.9. The third-order valence-corrected chi connectivity index (χ3v) is 7.35. The van der Waals surface area contributed by atoms with E-state index in [1.165, 1.54) is 47.3 Å². The molecule has 4 N–H and O–H groups in total. The first-order valence-corrected chi connectivity index (χ1v) is 13.4. The number of aromatic nitrogens is 2. The number of nitrogens with one attached hydrogen (secondary N) is 2. The summed E-state index contributed by atoms with van der Waals surface area (Å²) in [5.74, 6) is -3.41. The summed E-state index contributed by atoms with van der Waals surface area (Å²) in [6.07, 6.45) is -0.543. The van der Waals surface area contributed by atoms with Crippen molar-refractivity contribution in [3.05, 3.63) is 81.5 Å². The Morgan fingerprint density at radius 1 is 1.24 bits per heavy atom. The molecule has 2 amide bonds. The molecule has 2 heterocycles. The summed E-state index contributed by atoms with van der Waals surface area (Å²) in [5, 5.41) is 20.4. The number of carbonyl (C=O) groups is 2. The van der Waals surface area contributed by atoms with Crippen molar-refractivity contribution in [1.29, 1.82) is 5.26 Å². The van der Waals surface area contributed by atoms with E-state index in [0.717, 1.165) is 6.07 Å². The lowest BCUT2D eigenvalue weighted by molar-refractivity contribution is -0.118. The van der Waals surface area contributed by atoms with Gasteiger partial charge in [-0.3, -0.25) is 20.1 Å². The molecule has 4 rings (SSSR count). The van der Waals surface area contributed by atoms with Gasteiger partial charge in [-0.15, -0.1) is 0 Å². The third kappa shape index (κ3) is 6.30. The number of hydrogen-bond donors (Lipinski definition) is 3. The molecule has 41 heavy (non-hydrogen) atoms. The van der Waals surface area contributed by atoms with Crippen molar-refractivity contribution in [3.63, 3.8) is 0 Å². The van der Waals surface area contributed by atoms with Gasteiger partial charge in [0.05, 0.1) is 17.0 Å². The van der Waals surface area contributed by atoms with E-state index in [-0.39, 0.29) is 38.9 Å². The Kier molecular flexibility index (Phi) is 8.59. The SMILES string of the molecule is CC(C)(C)C[C@@H]1N[C@H](OC(=O)Nc2ccn(CC(N)=O)n2)[C@H](c2cccc(Cl)c2F)[C@@]1(C#N)c1ccc(Cl)cc1F. The first-order valence-electron chi connectivity index (χ1n) is 12.6. The first kappa shape index (κ1) is 30.2. The van der Waals surface area contributed by atoms with Crippen LogP contribution in [-0.4, -0.2) is 34.1 Å². The molecule has 216 valence electrons. The highest BCUT2D eigenvalue weighted by atomic mass is 35.5. The van der Waals surface area contributed by atoms with E-state index < -0.39 is 47.2 Å². The number of rotatable bonds is 7. The van der Waals surface area contributed by atoms with Crippen molar-refractivity contribution in [1.82, 2.24) is 15.1 Å². The number of nitrogens with zero attached hydrogens (tertiary/aromatic N) is 3. The minimum absolute atomic E-state index is 0.0350. The standard InChI is InChI=1S/C28H28Cl2F2N6O3/c1-27(2,3)12-20-28(14-33,17-8-7-15(29)11-19(17)31)23(16-5-4-6-18(30)24(16)32)25(35-20)41-26(40)36-22-9-10-38(37-22)13-21(34)39/h4-11,20,23,25,35H,12-13H2,1-3H3,(H2,34,39)(H,36,37,40)/t20-,23-,25+,28-/m0/s1. The van der Waals surface area contributed by atoms with Gasteiger partial charge in [0.15, 0.2) is 12.0 Å². The summed E-state index contributed by atoms with van der Waals surface area (Å²) in [4.78, 5) is 24.2. The molecule has 0 bridgehead atoms. The van der Waals surface area contributed by atoms with E-state index in [2.05, 4.69) is 21.8 Å². The summed E-state index contributed by atoms with van der Waals surface area (Å²) in [5.41, 5.74) is 2.96. The van der Waals surface area contributed by atoms with Gasteiger partial charge in [0.2, 0.25) is 5.91 Å². The molecule has 13 heteroatoms. The zero-order chi connectivity index (χ0) is 30.1. The number of amides is 2. The van der Waals surface area contributed by atoms with Crippen LogP contribution in [0.15, 0.2) is 48.7 Å². The normalized spacial score (nSPS) is 22.2. The predicted molar refractivity (Wildman–Crippen MR) is 149 cm³/mol. The van der Waals surface area contributed by atoms with Gasteiger partial charge in [-0.2, -0.15) is 10.4 Å². The van der Waals surface area contributed by atoms with E-state index in [1.54, 1.807) is 0 Å². The summed E-state index contributed by atoms with van der Waals surface area (Å²) in [6, 6.07) is 11.1. The van der Waals surface area contributed by atoms with Crippen molar-refractivity contribution < 1.29 is 23.1 Å². The number of nitriles is 1. The smallest absolute Gasteiger partial charge is 0.414 e. The van der Waals surface area contributed by atoms with E-state index in [0.29, 0.717) is 6.42 Å². The highest BCUT2D eigenvalue weighted by Crippen LogP contribution is 2.53. The lowest BCUT2D eigenvalue weighted by Gasteiger charge is -2.37. The maximum Gasteiger partial charge on any atom is 0.414 e. The molecule has 9 nitrogen and oxygen atoms in total. The number of ether oxygens (including phenoxy) is 1. The Labute approximate surface area is 245 Å². The van der Waals surface area contributed by atoms with Crippen LogP contribution < -0.4 is 16.4 Å². The van der Waals surface area contributed by atoms with Gasteiger partial charge in [-0.25, -0.2) is 13.6 Å². The first-order chi connectivity index (χ1) is 19.2. The quantitative estimate of drug-likeness (QED) is 0.327. The van der Waals surface area contributed by atoms with Crippen LogP contribution in [0.4, 0.5) is 19.4 Å². The van der Waals surface area contributed by atoms with Gasteiger partial charge in [-0.1, -0.05) is 62.2 Å². The molecular weight excluding hydrogens is 577 g/mol.